The zero-order chi connectivity index (χ0) is 11.7. The molecule has 15 heavy (non-hydrogen) atoms. The Morgan fingerprint density at radius 3 is 2.67 bits per heavy atom. The van der Waals surface area contributed by atoms with Crippen molar-refractivity contribution in [3.63, 3.8) is 0 Å². The van der Waals surface area contributed by atoms with Crippen LogP contribution < -0.4 is 0 Å². The van der Waals surface area contributed by atoms with Crippen molar-refractivity contribution < 1.29 is 14.3 Å². The molecule has 4 nitrogen and oxygen atoms in total. The van der Waals surface area contributed by atoms with E-state index in [1.165, 1.54) is 4.90 Å². The van der Waals surface area contributed by atoms with Crippen LogP contribution in [0, 0.1) is 0 Å². The molecule has 4 heteroatoms. The third-order valence-electron chi connectivity index (χ3n) is 1.89. The van der Waals surface area contributed by atoms with Gasteiger partial charge in [0.15, 0.2) is 0 Å². The number of rotatable bonds is 8. The van der Waals surface area contributed by atoms with E-state index in [1.54, 1.807) is 14.2 Å². The maximum absolute atomic E-state index is 11.6. The second-order valence-corrected chi connectivity index (χ2v) is 3.43. The van der Waals surface area contributed by atoms with Crippen molar-refractivity contribution >= 4 is 5.91 Å². The summed E-state index contributed by atoms with van der Waals surface area (Å²) in [7, 11) is 3.22. The van der Waals surface area contributed by atoms with Gasteiger partial charge in [-0.2, -0.15) is 0 Å². The lowest BCUT2D eigenvalue weighted by Gasteiger charge is -2.17. The molecule has 0 heterocycles. The summed E-state index contributed by atoms with van der Waals surface area (Å²) in [5.74, 6) is -0.131. The van der Waals surface area contributed by atoms with Crippen molar-refractivity contribution in [1.29, 1.82) is 0 Å². The molecule has 0 aliphatic heterocycles. The SMILES string of the molecule is C=C(COCCCC)C(=O)N(C)COC. The van der Waals surface area contributed by atoms with E-state index in [0.29, 0.717) is 18.8 Å². The van der Waals surface area contributed by atoms with Gasteiger partial charge in [0.25, 0.3) is 5.91 Å². The van der Waals surface area contributed by atoms with Crippen LogP contribution in [0.3, 0.4) is 0 Å². The number of methoxy groups -OCH3 is 1. The molecule has 0 bridgehead atoms. The van der Waals surface area contributed by atoms with Gasteiger partial charge in [-0.15, -0.1) is 0 Å². The lowest BCUT2D eigenvalue weighted by Crippen LogP contribution is -2.30. The molecule has 0 saturated carbocycles. The summed E-state index contributed by atoms with van der Waals surface area (Å²) in [6.07, 6.45) is 2.10. The lowest BCUT2D eigenvalue weighted by molar-refractivity contribution is -0.130. The monoisotopic (exact) mass is 215 g/mol. The molecule has 0 aliphatic carbocycles. The van der Waals surface area contributed by atoms with Crippen LogP contribution in [0.4, 0.5) is 0 Å². The molecular weight excluding hydrogens is 194 g/mol. The standard InChI is InChI=1S/C11H21NO3/c1-5-6-7-15-8-10(2)11(13)12(3)9-14-4/h2,5-9H2,1,3-4H3. The minimum atomic E-state index is -0.131. The van der Waals surface area contributed by atoms with E-state index in [-0.39, 0.29) is 12.6 Å². The second-order valence-electron chi connectivity index (χ2n) is 3.43. The zero-order valence-corrected chi connectivity index (χ0v) is 9.91. The fourth-order valence-corrected chi connectivity index (χ4v) is 1.03. The maximum atomic E-state index is 11.6. The summed E-state index contributed by atoms with van der Waals surface area (Å²) < 4.78 is 10.1. The van der Waals surface area contributed by atoms with E-state index < -0.39 is 0 Å². The average molecular weight is 215 g/mol. The van der Waals surface area contributed by atoms with E-state index >= 15 is 0 Å². The van der Waals surface area contributed by atoms with E-state index in [1.807, 2.05) is 0 Å². The number of likely N-dealkylation sites (N-methyl/N-ethyl adjacent to an activating group) is 1. The van der Waals surface area contributed by atoms with Crippen LogP contribution in [0.5, 0.6) is 0 Å². The number of carbonyl (C=O) groups excluding carboxylic acids is 1. The Bertz CT molecular complexity index is 204. The summed E-state index contributed by atoms with van der Waals surface area (Å²) in [6.45, 7) is 7.02. The molecule has 0 aromatic heterocycles. The molecule has 0 N–H and O–H groups in total. The molecule has 0 rings (SSSR count). The Morgan fingerprint density at radius 2 is 2.13 bits per heavy atom. The Balaban J connectivity index is 3.74. The van der Waals surface area contributed by atoms with E-state index in [9.17, 15) is 4.79 Å². The molecule has 0 atom stereocenters. The number of hydrogen-bond acceptors (Lipinski definition) is 3. The smallest absolute Gasteiger partial charge is 0.253 e. The zero-order valence-electron chi connectivity index (χ0n) is 9.91. The van der Waals surface area contributed by atoms with E-state index in [4.69, 9.17) is 9.47 Å². The van der Waals surface area contributed by atoms with Crippen molar-refractivity contribution in [1.82, 2.24) is 4.90 Å². The Labute approximate surface area is 91.8 Å². The fourth-order valence-electron chi connectivity index (χ4n) is 1.03. The molecule has 88 valence electrons. The summed E-state index contributed by atoms with van der Waals surface area (Å²) in [4.78, 5) is 13.0. The van der Waals surface area contributed by atoms with Crippen molar-refractivity contribution in [2.45, 2.75) is 19.8 Å². The van der Waals surface area contributed by atoms with Crippen LogP contribution in [0.1, 0.15) is 19.8 Å². The van der Waals surface area contributed by atoms with Crippen LogP contribution in [-0.2, 0) is 14.3 Å². The van der Waals surface area contributed by atoms with E-state index in [0.717, 1.165) is 12.8 Å². The van der Waals surface area contributed by atoms with Crippen molar-refractivity contribution in [2.75, 3.05) is 34.1 Å². The fraction of sp³-hybridized carbons (Fsp3) is 0.727. The molecule has 0 aromatic rings. The Hall–Kier alpha value is -0.870. The number of amides is 1. The van der Waals surface area contributed by atoms with Gasteiger partial charge in [0.1, 0.15) is 6.73 Å². The van der Waals surface area contributed by atoms with Crippen LogP contribution in [0.15, 0.2) is 12.2 Å². The molecule has 0 radical (unpaired) electrons. The van der Waals surface area contributed by atoms with Gasteiger partial charge in [-0.25, -0.2) is 0 Å². The molecule has 0 aliphatic rings. The van der Waals surface area contributed by atoms with Crippen LogP contribution in [0.25, 0.3) is 0 Å². The predicted molar refractivity (Wildman–Crippen MR) is 59.5 cm³/mol. The second kappa shape index (κ2) is 8.44. The van der Waals surface area contributed by atoms with E-state index in [2.05, 4.69) is 13.5 Å². The average Bonchev–Trinajstić information content (AvgIpc) is 2.23. The highest BCUT2D eigenvalue weighted by atomic mass is 16.5. The topological polar surface area (TPSA) is 38.8 Å². The summed E-state index contributed by atoms with van der Waals surface area (Å²) in [6, 6.07) is 0. The highest BCUT2D eigenvalue weighted by Crippen LogP contribution is 1.99. The largest absolute Gasteiger partial charge is 0.377 e. The van der Waals surface area contributed by atoms with Gasteiger partial charge in [0, 0.05) is 26.3 Å². The van der Waals surface area contributed by atoms with Gasteiger partial charge in [0.05, 0.1) is 6.61 Å². The minimum absolute atomic E-state index is 0.131. The van der Waals surface area contributed by atoms with Gasteiger partial charge in [-0.3, -0.25) is 4.79 Å². The Kier molecular flexibility index (Phi) is 7.95. The first kappa shape index (κ1) is 14.1. The molecule has 0 spiro atoms. The van der Waals surface area contributed by atoms with Crippen molar-refractivity contribution in [3.8, 4) is 0 Å². The number of carbonyl (C=O) groups is 1. The lowest BCUT2D eigenvalue weighted by atomic mass is 10.3. The Morgan fingerprint density at radius 1 is 1.47 bits per heavy atom. The summed E-state index contributed by atoms with van der Waals surface area (Å²) in [5.41, 5.74) is 0.464. The molecular formula is C11H21NO3. The quantitative estimate of drug-likeness (QED) is 0.349. The third kappa shape index (κ3) is 6.25. The summed E-state index contributed by atoms with van der Waals surface area (Å²) >= 11 is 0. The minimum Gasteiger partial charge on any atom is -0.377 e. The number of ether oxygens (including phenoxy) is 2. The molecule has 1 amide bonds. The maximum Gasteiger partial charge on any atom is 0.253 e. The van der Waals surface area contributed by atoms with Gasteiger partial charge in [0.2, 0.25) is 0 Å². The summed E-state index contributed by atoms with van der Waals surface area (Å²) in [5, 5.41) is 0. The van der Waals surface area contributed by atoms with Gasteiger partial charge >= 0.3 is 0 Å². The normalized spacial score (nSPS) is 10.1. The first-order valence-corrected chi connectivity index (χ1v) is 5.13. The third-order valence-corrected chi connectivity index (χ3v) is 1.89. The van der Waals surface area contributed by atoms with Gasteiger partial charge in [-0.05, 0) is 6.42 Å². The van der Waals surface area contributed by atoms with Crippen LogP contribution in [0.2, 0.25) is 0 Å². The molecule has 0 aromatic carbocycles. The highest BCUT2D eigenvalue weighted by molar-refractivity contribution is 5.92. The van der Waals surface area contributed by atoms with Crippen molar-refractivity contribution in [2.24, 2.45) is 0 Å². The highest BCUT2D eigenvalue weighted by Gasteiger charge is 2.11. The number of nitrogens with zero attached hydrogens (tertiary/aromatic N) is 1. The first-order valence-electron chi connectivity index (χ1n) is 5.13. The van der Waals surface area contributed by atoms with Gasteiger partial charge in [-0.1, -0.05) is 19.9 Å². The first-order chi connectivity index (χ1) is 7.13. The number of unbranched alkanes of at least 4 members (excludes halogenated alkanes) is 1. The predicted octanol–water partition coefficient (Wildman–Crippen LogP) is 1.42. The van der Waals surface area contributed by atoms with Crippen LogP contribution >= 0.6 is 0 Å². The number of hydrogen-bond donors (Lipinski definition) is 0. The van der Waals surface area contributed by atoms with Crippen LogP contribution in [-0.4, -0.2) is 44.9 Å². The molecule has 0 saturated heterocycles. The van der Waals surface area contributed by atoms with Gasteiger partial charge < -0.3 is 14.4 Å². The molecule has 0 fully saturated rings. The molecule has 0 unspecified atom stereocenters. The van der Waals surface area contributed by atoms with Crippen molar-refractivity contribution in [3.05, 3.63) is 12.2 Å².